The van der Waals surface area contributed by atoms with E-state index in [9.17, 15) is 4.79 Å². The van der Waals surface area contributed by atoms with Crippen molar-refractivity contribution in [2.24, 2.45) is 0 Å². The molecule has 5 nitrogen and oxygen atoms in total. The lowest BCUT2D eigenvalue weighted by Gasteiger charge is -2.14. The predicted octanol–water partition coefficient (Wildman–Crippen LogP) is 2.68. The SMILES string of the molecule is COc1cccc(CC(=O)NCCc2ncc(C)n2C(C)C)c1. The molecule has 1 aromatic carbocycles. The molecule has 2 aromatic rings. The fraction of sp³-hybridized carbons (Fsp3) is 0.444. The fourth-order valence-electron chi connectivity index (χ4n) is 2.73. The molecule has 1 heterocycles. The minimum absolute atomic E-state index is 0.0117. The quantitative estimate of drug-likeness (QED) is 0.854. The highest BCUT2D eigenvalue weighted by molar-refractivity contribution is 5.78. The predicted molar refractivity (Wildman–Crippen MR) is 90.8 cm³/mol. The molecule has 0 bridgehead atoms. The van der Waals surface area contributed by atoms with E-state index in [0.717, 1.165) is 29.3 Å². The summed E-state index contributed by atoms with van der Waals surface area (Å²) in [5, 5.41) is 2.96. The largest absolute Gasteiger partial charge is 0.497 e. The first-order valence-electron chi connectivity index (χ1n) is 7.93. The molecular formula is C18H25N3O2. The summed E-state index contributed by atoms with van der Waals surface area (Å²) < 4.78 is 7.37. The third-order valence-corrected chi connectivity index (χ3v) is 3.74. The molecule has 0 aliphatic heterocycles. The van der Waals surface area contributed by atoms with Crippen LogP contribution in [0.5, 0.6) is 5.75 Å². The molecule has 0 unspecified atom stereocenters. The van der Waals surface area contributed by atoms with Gasteiger partial charge in [-0.05, 0) is 38.5 Å². The van der Waals surface area contributed by atoms with E-state index >= 15 is 0 Å². The summed E-state index contributed by atoms with van der Waals surface area (Å²) in [5.74, 6) is 1.79. The lowest BCUT2D eigenvalue weighted by Crippen LogP contribution is -2.28. The van der Waals surface area contributed by atoms with Crippen molar-refractivity contribution >= 4 is 5.91 Å². The number of ether oxygens (including phenoxy) is 1. The second-order valence-corrected chi connectivity index (χ2v) is 5.91. The van der Waals surface area contributed by atoms with Crippen LogP contribution in [0.15, 0.2) is 30.5 Å². The van der Waals surface area contributed by atoms with Gasteiger partial charge in [0.1, 0.15) is 11.6 Å². The maximum absolute atomic E-state index is 12.0. The van der Waals surface area contributed by atoms with Crippen molar-refractivity contribution in [1.82, 2.24) is 14.9 Å². The van der Waals surface area contributed by atoms with Crippen LogP contribution in [0, 0.1) is 6.92 Å². The fourth-order valence-corrected chi connectivity index (χ4v) is 2.73. The van der Waals surface area contributed by atoms with E-state index in [0.29, 0.717) is 19.0 Å². The molecule has 1 amide bonds. The van der Waals surface area contributed by atoms with Crippen LogP contribution < -0.4 is 10.1 Å². The highest BCUT2D eigenvalue weighted by Gasteiger charge is 2.10. The van der Waals surface area contributed by atoms with Gasteiger partial charge in [0.15, 0.2) is 0 Å². The van der Waals surface area contributed by atoms with Crippen molar-refractivity contribution in [2.75, 3.05) is 13.7 Å². The highest BCUT2D eigenvalue weighted by Crippen LogP contribution is 2.14. The summed E-state index contributed by atoms with van der Waals surface area (Å²) in [5.41, 5.74) is 2.10. The Balaban J connectivity index is 1.85. The number of amides is 1. The van der Waals surface area contributed by atoms with Crippen LogP contribution in [0.3, 0.4) is 0 Å². The third-order valence-electron chi connectivity index (χ3n) is 3.74. The Morgan fingerprint density at radius 3 is 2.87 bits per heavy atom. The average Bonchev–Trinajstić information content (AvgIpc) is 2.88. The maximum Gasteiger partial charge on any atom is 0.224 e. The van der Waals surface area contributed by atoms with Gasteiger partial charge in [0, 0.05) is 30.9 Å². The zero-order chi connectivity index (χ0) is 16.8. The summed E-state index contributed by atoms with van der Waals surface area (Å²) in [6, 6.07) is 7.95. The first kappa shape index (κ1) is 17.1. The number of hydrogen-bond acceptors (Lipinski definition) is 3. The monoisotopic (exact) mass is 315 g/mol. The van der Waals surface area contributed by atoms with Gasteiger partial charge in [0.2, 0.25) is 5.91 Å². The van der Waals surface area contributed by atoms with Crippen molar-refractivity contribution in [3.8, 4) is 5.75 Å². The number of carbonyl (C=O) groups is 1. The third kappa shape index (κ3) is 4.58. The number of rotatable bonds is 7. The summed E-state index contributed by atoms with van der Waals surface area (Å²) in [4.78, 5) is 16.5. The molecule has 0 aliphatic carbocycles. The highest BCUT2D eigenvalue weighted by atomic mass is 16.5. The lowest BCUT2D eigenvalue weighted by molar-refractivity contribution is -0.120. The van der Waals surface area contributed by atoms with Crippen LogP contribution in [-0.4, -0.2) is 29.1 Å². The van der Waals surface area contributed by atoms with E-state index in [2.05, 4.69) is 35.6 Å². The molecule has 2 rings (SSSR count). The van der Waals surface area contributed by atoms with Gasteiger partial charge < -0.3 is 14.6 Å². The van der Waals surface area contributed by atoms with E-state index < -0.39 is 0 Å². The molecule has 0 radical (unpaired) electrons. The van der Waals surface area contributed by atoms with Gasteiger partial charge in [0.05, 0.1) is 13.5 Å². The first-order valence-corrected chi connectivity index (χ1v) is 7.93. The summed E-state index contributed by atoms with van der Waals surface area (Å²) in [6.07, 6.45) is 2.97. The number of benzene rings is 1. The van der Waals surface area contributed by atoms with Crippen LogP contribution >= 0.6 is 0 Å². The van der Waals surface area contributed by atoms with Gasteiger partial charge >= 0.3 is 0 Å². The molecule has 0 saturated heterocycles. The van der Waals surface area contributed by atoms with Gasteiger partial charge in [-0.3, -0.25) is 4.79 Å². The zero-order valence-corrected chi connectivity index (χ0v) is 14.3. The summed E-state index contributed by atoms with van der Waals surface area (Å²) in [6.45, 7) is 6.92. The molecule has 0 fully saturated rings. The summed E-state index contributed by atoms with van der Waals surface area (Å²) in [7, 11) is 1.62. The Bertz CT molecular complexity index is 662. The topological polar surface area (TPSA) is 56.1 Å². The lowest BCUT2D eigenvalue weighted by atomic mass is 10.1. The standard InChI is InChI=1S/C18H25N3O2/c1-13(2)21-14(3)12-20-17(21)8-9-19-18(22)11-15-6-5-7-16(10-15)23-4/h5-7,10,12-13H,8-9,11H2,1-4H3,(H,19,22). The van der Waals surface area contributed by atoms with Crippen LogP contribution in [0.2, 0.25) is 0 Å². The Morgan fingerprint density at radius 2 is 2.17 bits per heavy atom. The van der Waals surface area contributed by atoms with Crippen molar-refractivity contribution < 1.29 is 9.53 Å². The number of methoxy groups -OCH3 is 1. The van der Waals surface area contributed by atoms with Gasteiger partial charge in [0.25, 0.3) is 0 Å². The number of hydrogen-bond donors (Lipinski definition) is 1. The van der Waals surface area contributed by atoms with Crippen LogP contribution in [-0.2, 0) is 17.6 Å². The van der Waals surface area contributed by atoms with Gasteiger partial charge in [-0.2, -0.15) is 0 Å². The van der Waals surface area contributed by atoms with E-state index in [4.69, 9.17) is 4.74 Å². The smallest absolute Gasteiger partial charge is 0.224 e. The number of nitrogens with one attached hydrogen (secondary N) is 1. The molecule has 0 saturated carbocycles. The van der Waals surface area contributed by atoms with Gasteiger partial charge in [-0.1, -0.05) is 12.1 Å². The molecule has 23 heavy (non-hydrogen) atoms. The molecule has 1 N–H and O–H groups in total. The van der Waals surface area contributed by atoms with E-state index in [1.807, 2.05) is 30.5 Å². The normalized spacial score (nSPS) is 10.8. The molecule has 0 aliphatic rings. The van der Waals surface area contributed by atoms with Crippen LogP contribution in [0.4, 0.5) is 0 Å². The number of aromatic nitrogens is 2. The molecule has 0 atom stereocenters. The second kappa shape index (κ2) is 7.81. The maximum atomic E-state index is 12.0. The van der Waals surface area contributed by atoms with Crippen molar-refractivity contribution in [2.45, 2.75) is 39.7 Å². The Labute approximate surface area is 137 Å². The van der Waals surface area contributed by atoms with E-state index in [1.165, 1.54) is 0 Å². The number of aryl methyl sites for hydroxylation is 1. The molecule has 1 aromatic heterocycles. The molecule has 5 heteroatoms. The van der Waals surface area contributed by atoms with Gasteiger partial charge in [-0.25, -0.2) is 4.98 Å². The average molecular weight is 315 g/mol. The van der Waals surface area contributed by atoms with Crippen molar-refractivity contribution in [1.29, 1.82) is 0 Å². The molecular weight excluding hydrogens is 290 g/mol. The molecule has 124 valence electrons. The first-order chi connectivity index (χ1) is 11.0. The zero-order valence-electron chi connectivity index (χ0n) is 14.3. The van der Waals surface area contributed by atoms with Crippen LogP contribution in [0.1, 0.15) is 37.0 Å². The van der Waals surface area contributed by atoms with Gasteiger partial charge in [-0.15, -0.1) is 0 Å². The number of imidazole rings is 1. The Hall–Kier alpha value is -2.30. The second-order valence-electron chi connectivity index (χ2n) is 5.91. The minimum Gasteiger partial charge on any atom is -0.497 e. The van der Waals surface area contributed by atoms with E-state index in [-0.39, 0.29) is 5.91 Å². The molecule has 0 spiro atoms. The van der Waals surface area contributed by atoms with Crippen molar-refractivity contribution in [3.05, 3.63) is 47.5 Å². The minimum atomic E-state index is 0.0117. The Kier molecular flexibility index (Phi) is 5.79. The van der Waals surface area contributed by atoms with Crippen molar-refractivity contribution in [3.63, 3.8) is 0 Å². The van der Waals surface area contributed by atoms with E-state index in [1.54, 1.807) is 7.11 Å². The number of carbonyl (C=O) groups excluding carboxylic acids is 1. The number of nitrogens with zero attached hydrogens (tertiary/aromatic N) is 2. The summed E-state index contributed by atoms with van der Waals surface area (Å²) >= 11 is 0. The van der Waals surface area contributed by atoms with Crippen LogP contribution in [0.25, 0.3) is 0 Å². The Morgan fingerprint density at radius 1 is 1.39 bits per heavy atom.